The summed E-state index contributed by atoms with van der Waals surface area (Å²) < 4.78 is 0. The van der Waals surface area contributed by atoms with Crippen molar-refractivity contribution in [1.82, 2.24) is 0 Å². The molecule has 0 aromatic heterocycles. The van der Waals surface area contributed by atoms with E-state index in [4.69, 9.17) is 5.11 Å². The van der Waals surface area contributed by atoms with Crippen LogP contribution in [0.3, 0.4) is 0 Å². The molecule has 1 fully saturated rings. The zero-order chi connectivity index (χ0) is 14.0. The Kier molecular flexibility index (Phi) is 3.74. The second-order valence-corrected chi connectivity index (χ2v) is 5.04. The fourth-order valence-corrected chi connectivity index (χ4v) is 2.38. The number of benzene rings is 1. The number of nitrogens with one attached hydrogen (secondary N) is 1. The molecular formula is C14H17NO4. The van der Waals surface area contributed by atoms with E-state index in [-0.39, 0.29) is 17.6 Å². The van der Waals surface area contributed by atoms with Crippen LogP contribution in [-0.4, -0.2) is 22.1 Å². The predicted octanol–water partition coefficient (Wildman–Crippen LogP) is 2.14. The van der Waals surface area contributed by atoms with E-state index in [1.165, 1.54) is 6.07 Å². The number of phenols is 1. The first kappa shape index (κ1) is 13.4. The van der Waals surface area contributed by atoms with Crippen LogP contribution >= 0.6 is 0 Å². The van der Waals surface area contributed by atoms with Crippen LogP contribution in [0, 0.1) is 18.8 Å². The Bertz CT molecular complexity index is 512. The van der Waals surface area contributed by atoms with Crippen LogP contribution in [0.2, 0.25) is 0 Å². The molecule has 0 saturated heterocycles. The second-order valence-electron chi connectivity index (χ2n) is 5.04. The second kappa shape index (κ2) is 5.30. The van der Waals surface area contributed by atoms with E-state index in [9.17, 15) is 14.7 Å². The maximum atomic E-state index is 12.0. The van der Waals surface area contributed by atoms with E-state index in [2.05, 4.69) is 5.32 Å². The third-order valence-corrected chi connectivity index (χ3v) is 3.63. The number of anilines is 1. The van der Waals surface area contributed by atoms with Crippen LogP contribution in [0.1, 0.15) is 24.8 Å². The lowest BCUT2D eigenvalue weighted by Crippen LogP contribution is -2.21. The van der Waals surface area contributed by atoms with Gasteiger partial charge in [0.25, 0.3) is 0 Å². The summed E-state index contributed by atoms with van der Waals surface area (Å²) in [6, 6.07) is 4.94. The Morgan fingerprint density at radius 1 is 1.26 bits per heavy atom. The Labute approximate surface area is 111 Å². The minimum atomic E-state index is -0.830. The molecule has 5 heteroatoms. The number of aromatic hydroxyl groups is 1. The van der Waals surface area contributed by atoms with Crippen molar-refractivity contribution in [2.75, 3.05) is 5.32 Å². The minimum Gasteiger partial charge on any atom is -0.508 e. The van der Waals surface area contributed by atoms with Gasteiger partial charge in [0, 0.05) is 17.7 Å². The third kappa shape index (κ3) is 3.05. The molecule has 1 saturated carbocycles. The summed E-state index contributed by atoms with van der Waals surface area (Å²) in [4.78, 5) is 22.8. The summed E-state index contributed by atoms with van der Waals surface area (Å²) in [6.45, 7) is 1.77. The van der Waals surface area contributed by atoms with Gasteiger partial charge in [-0.1, -0.05) is 6.07 Å². The highest BCUT2D eigenvalue weighted by Crippen LogP contribution is 2.32. The summed E-state index contributed by atoms with van der Waals surface area (Å²) in [6.07, 6.45) is 1.53. The quantitative estimate of drug-likeness (QED) is 0.779. The highest BCUT2D eigenvalue weighted by molar-refractivity contribution is 5.93. The summed E-state index contributed by atoms with van der Waals surface area (Å²) in [5, 5.41) is 21.2. The number of carboxylic acids is 1. The van der Waals surface area contributed by atoms with E-state index in [1.807, 2.05) is 0 Å². The largest absolute Gasteiger partial charge is 0.508 e. The van der Waals surface area contributed by atoms with Crippen LogP contribution in [0.15, 0.2) is 18.2 Å². The molecule has 0 spiro atoms. The van der Waals surface area contributed by atoms with Crippen LogP contribution in [0.25, 0.3) is 0 Å². The summed E-state index contributed by atoms with van der Waals surface area (Å²) in [7, 11) is 0. The monoisotopic (exact) mass is 263 g/mol. The molecule has 1 aliphatic rings. The lowest BCUT2D eigenvalue weighted by atomic mass is 10.0. The zero-order valence-corrected chi connectivity index (χ0v) is 10.7. The first-order valence-electron chi connectivity index (χ1n) is 6.30. The molecule has 1 aliphatic carbocycles. The molecule has 102 valence electrons. The molecule has 19 heavy (non-hydrogen) atoms. The molecule has 2 rings (SSSR count). The van der Waals surface area contributed by atoms with E-state index < -0.39 is 11.9 Å². The van der Waals surface area contributed by atoms with Gasteiger partial charge in [0.1, 0.15) is 5.75 Å². The third-order valence-electron chi connectivity index (χ3n) is 3.63. The van der Waals surface area contributed by atoms with Crippen molar-refractivity contribution in [3.8, 4) is 5.75 Å². The average molecular weight is 263 g/mol. The first-order chi connectivity index (χ1) is 8.97. The van der Waals surface area contributed by atoms with Crippen LogP contribution in [-0.2, 0) is 9.59 Å². The van der Waals surface area contributed by atoms with Crippen molar-refractivity contribution in [3.05, 3.63) is 23.8 Å². The van der Waals surface area contributed by atoms with Crippen molar-refractivity contribution in [1.29, 1.82) is 0 Å². The minimum absolute atomic E-state index is 0.132. The number of hydrogen-bond acceptors (Lipinski definition) is 3. The van der Waals surface area contributed by atoms with Gasteiger partial charge in [0.2, 0.25) is 5.91 Å². The molecule has 0 radical (unpaired) electrons. The van der Waals surface area contributed by atoms with Gasteiger partial charge in [-0.25, -0.2) is 0 Å². The molecule has 2 atom stereocenters. The average Bonchev–Trinajstić information content (AvgIpc) is 2.83. The summed E-state index contributed by atoms with van der Waals surface area (Å²) >= 11 is 0. The lowest BCUT2D eigenvalue weighted by molar-refractivity contribution is -0.141. The van der Waals surface area contributed by atoms with E-state index in [1.54, 1.807) is 19.1 Å². The smallest absolute Gasteiger partial charge is 0.306 e. The van der Waals surface area contributed by atoms with E-state index >= 15 is 0 Å². The van der Waals surface area contributed by atoms with E-state index in [0.29, 0.717) is 24.9 Å². The SMILES string of the molecule is Cc1ccc(NC(=O)C2CCC(C(=O)O)C2)cc1O. The Morgan fingerprint density at radius 2 is 1.95 bits per heavy atom. The number of aliphatic carboxylic acids is 1. The molecule has 5 nitrogen and oxygen atoms in total. The zero-order valence-electron chi connectivity index (χ0n) is 10.7. The van der Waals surface area contributed by atoms with Gasteiger partial charge in [-0.3, -0.25) is 9.59 Å². The normalized spacial score (nSPS) is 22.2. The van der Waals surface area contributed by atoms with Crippen molar-refractivity contribution in [2.24, 2.45) is 11.8 Å². The van der Waals surface area contributed by atoms with Crippen molar-refractivity contribution >= 4 is 17.6 Å². The van der Waals surface area contributed by atoms with Gasteiger partial charge in [0.05, 0.1) is 5.92 Å². The van der Waals surface area contributed by atoms with Crippen LogP contribution < -0.4 is 5.32 Å². The topological polar surface area (TPSA) is 86.6 Å². The maximum Gasteiger partial charge on any atom is 0.306 e. The van der Waals surface area contributed by atoms with Crippen molar-refractivity contribution in [3.63, 3.8) is 0 Å². The van der Waals surface area contributed by atoms with Gasteiger partial charge >= 0.3 is 5.97 Å². The van der Waals surface area contributed by atoms with Crippen LogP contribution in [0.5, 0.6) is 5.75 Å². The van der Waals surface area contributed by atoms with Gasteiger partial charge in [0.15, 0.2) is 0 Å². The molecule has 0 aliphatic heterocycles. The highest BCUT2D eigenvalue weighted by Gasteiger charge is 2.33. The molecule has 3 N–H and O–H groups in total. The molecule has 1 aromatic rings. The number of amides is 1. The highest BCUT2D eigenvalue weighted by atomic mass is 16.4. The predicted molar refractivity (Wildman–Crippen MR) is 69.9 cm³/mol. The maximum absolute atomic E-state index is 12.0. The number of phenolic OH excluding ortho intramolecular Hbond substituents is 1. The molecular weight excluding hydrogens is 246 g/mol. The number of carbonyl (C=O) groups excluding carboxylic acids is 1. The van der Waals surface area contributed by atoms with Gasteiger partial charge in [-0.2, -0.15) is 0 Å². The molecule has 2 unspecified atom stereocenters. The molecule has 0 bridgehead atoms. The van der Waals surface area contributed by atoms with Crippen molar-refractivity contribution < 1.29 is 19.8 Å². The van der Waals surface area contributed by atoms with Gasteiger partial charge in [-0.15, -0.1) is 0 Å². The fourth-order valence-electron chi connectivity index (χ4n) is 2.38. The van der Waals surface area contributed by atoms with E-state index in [0.717, 1.165) is 5.56 Å². The summed E-state index contributed by atoms with van der Waals surface area (Å²) in [5.41, 5.74) is 1.27. The lowest BCUT2D eigenvalue weighted by Gasteiger charge is -2.11. The Balaban J connectivity index is 1.98. The Morgan fingerprint density at radius 3 is 2.53 bits per heavy atom. The molecule has 0 heterocycles. The number of rotatable bonds is 3. The molecule has 1 amide bonds. The van der Waals surface area contributed by atoms with Crippen molar-refractivity contribution in [2.45, 2.75) is 26.2 Å². The number of hydrogen-bond donors (Lipinski definition) is 3. The number of carbonyl (C=O) groups is 2. The summed E-state index contributed by atoms with van der Waals surface area (Å²) in [5.74, 6) is -1.55. The molecule has 1 aromatic carbocycles. The van der Waals surface area contributed by atoms with Gasteiger partial charge < -0.3 is 15.5 Å². The number of aryl methyl sites for hydroxylation is 1. The van der Waals surface area contributed by atoms with Crippen LogP contribution in [0.4, 0.5) is 5.69 Å². The number of carboxylic acid groups (broad SMARTS) is 1. The Hall–Kier alpha value is -2.04. The first-order valence-corrected chi connectivity index (χ1v) is 6.30. The van der Waals surface area contributed by atoms with Gasteiger partial charge in [-0.05, 0) is 37.8 Å². The standard InChI is InChI=1S/C14H17NO4/c1-8-2-5-11(7-12(8)16)15-13(17)9-3-4-10(6-9)14(18)19/h2,5,7,9-10,16H,3-4,6H2,1H3,(H,15,17)(H,18,19). The fraction of sp³-hybridized carbons (Fsp3) is 0.429.